The maximum absolute atomic E-state index is 12.1. The Kier molecular flexibility index (Phi) is 6.58. The van der Waals surface area contributed by atoms with Crippen LogP contribution in [0.25, 0.3) is 0 Å². The molecule has 0 radical (unpaired) electrons. The molecule has 0 aromatic carbocycles. The zero-order valence-corrected chi connectivity index (χ0v) is 8.20. The molecule has 3 N–H and O–H groups in total. The molecule has 0 fully saturated rings. The second kappa shape index (κ2) is 7.15. The molecule has 1 atom stereocenters. The SMILES string of the molecule is C#CCC(N)C(=O)N(CCO)CC(F)F. The van der Waals surface area contributed by atoms with Gasteiger partial charge in [-0.25, -0.2) is 8.78 Å². The molecule has 0 spiro atoms. The number of alkyl halides is 2. The second-order valence-corrected chi connectivity index (χ2v) is 2.91. The summed E-state index contributed by atoms with van der Waals surface area (Å²) in [7, 11) is 0. The van der Waals surface area contributed by atoms with Crippen molar-refractivity contribution in [2.24, 2.45) is 5.73 Å². The van der Waals surface area contributed by atoms with E-state index >= 15 is 0 Å². The Balaban J connectivity index is 4.34. The van der Waals surface area contributed by atoms with Gasteiger partial charge in [-0.3, -0.25) is 4.79 Å². The standard InChI is InChI=1S/C9H14F2N2O2/c1-2-3-7(12)9(15)13(4-5-14)6-8(10)11/h1,7-8,14H,3-6,12H2. The largest absolute Gasteiger partial charge is 0.395 e. The first kappa shape index (κ1) is 13.8. The molecule has 1 amide bonds. The monoisotopic (exact) mass is 220 g/mol. The topological polar surface area (TPSA) is 66.6 Å². The van der Waals surface area contributed by atoms with Crippen LogP contribution in [0.2, 0.25) is 0 Å². The molecule has 15 heavy (non-hydrogen) atoms. The molecule has 0 saturated carbocycles. The fourth-order valence-corrected chi connectivity index (χ4v) is 1.03. The normalized spacial score (nSPS) is 12.3. The molecule has 0 saturated heterocycles. The molecular weight excluding hydrogens is 206 g/mol. The van der Waals surface area contributed by atoms with Crippen LogP contribution in [-0.2, 0) is 4.79 Å². The van der Waals surface area contributed by atoms with Crippen molar-refractivity contribution in [1.29, 1.82) is 0 Å². The van der Waals surface area contributed by atoms with Crippen molar-refractivity contribution in [1.82, 2.24) is 4.90 Å². The Labute approximate surface area is 87.0 Å². The quantitative estimate of drug-likeness (QED) is 0.589. The van der Waals surface area contributed by atoms with Crippen molar-refractivity contribution in [3.63, 3.8) is 0 Å². The number of terminal acetylenes is 1. The molecule has 0 bridgehead atoms. The third kappa shape index (κ3) is 5.30. The minimum absolute atomic E-state index is 0.00992. The average Bonchev–Trinajstić information content (AvgIpc) is 2.16. The van der Waals surface area contributed by atoms with E-state index in [0.717, 1.165) is 4.90 Å². The molecule has 0 aliphatic heterocycles. The fourth-order valence-electron chi connectivity index (χ4n) is 1.03. The molecule has 0 aliphatic carbocycles. The van der Waals surface area contributed by atoms with Crippen molar-refractivity contribution in [3.05, 3.63) is 0 Å². The van der Waals surface area contributed by atoms with Crippen LogP contribution in [0.15, 0.2) is 0 Å². The summed E-state index contributed by atoms with van der Waals surface area (Å²) in [6.45, 7) is -1.29. The van der Waals surface area contributed by atoms with Gasteiger partial charge in [-0.15, -0.1) is 12.3 Å². The number of rotatable bonds is 6. The van der Waals surface area contributed by atoms with Gasteiger partial charge in [0, 0.05) is 13.0 Å². The van der Waals surface area contributed by atoms with E-state index in [4.69, 9.17) is 17.3 Å². The molecule has 0 aromatic heterocycles. The zero-order valence-electron chi connectivity index (χ0n) is 8.20. The van der Waals surface area contributed by atoms with Crippen LogP contribution in [0.5, 0.6) is 0 Å². The second-order valence-electron chi connectivity index (χ2n) is 2.91. The highest BCUT2D eigenvalue weighted by atomic mass is 19.3. The van der Waals surface area contributed by atoms with Crippen LogP contribution in [0.3, 0.4) is 0 Å². The van der Waals surface area contributed by atoms with Gasteiger partial charge in [0.2, 0.25) is 5.91 Å². The number of hydrogen-bond donors (Lipinski definition) is 2. The summed E-state index contributed by atoms with van der Waals surface area (Å²) in [5, 5.41) is 8.59. The van der Waals surface area contributed by atoms with Crippen molar-refractivity contribution in [3.8, 4) is 12.3 Å². The summed E-state index contributed by atoms with van der Waals surface area (Å²) in [5.41, 5.74) is 5.37. The van der Waals surface area contributed by atoms with Crippen molar-refractivity contribution in [2.45, 2.75) is 18.9 Å². The number of amides is 1. The maximum Gasteiger partial charge on any atom is 0.255 e. The third-order valence-corrected chi connectivity index (χ3v) is 1.69. The lowest BCUT2D eigenvalue weighted by atomic mass is 10.2. The van der Waals surface area contributed by atoms with Crippen LogP contribution in [-0.4, -0.2) is 48.1 Å². The summed E-state index contributed by atoms with van der Waals surface area (Å²) in [6.07, 6.45) is 2.28. The number of aliphatic hydroxyl groups excluding tert-OH is 1. The van der Waals surface area contributed by atoms with E-state index in [9.17, 15) is 13.6 Å². The van der Waals surface area contributed by atoms with Gasteiger partial charge in [-0.1, -0.05) is 0 Å². The van der Waals surface area contributed by atoms with E-state index in [2.05, 4.69) is 5.92 Å². The number of carbonyl (C=O) groups excluding carboxylic acids is 1. The average molecular weight is 220 g/mol. The van der Waals surface area contributed by atoms with Gasteiger partial charge in [0.15, 0.2) is 0 Å². The van der Waals surface area contributed by atoms with Gasteiger partial charge in [0.1, 0.15) is 0 Å². The summed E-state index contributed by atoms with van der Waals surface area (Å²) < 4.78 is 24.1. The summed E-state index contributed by atoms with van der Waals surface area (Å²) >= 11 is 0. The maximum atomic E-state index is 12.1. The first-order valence-corrected chi connectivity index (χ1v) is 4.39. The highest BCUT2D eigenvalue weighted by Crippen LogP contribution is 2.02. The van der Waals surface area contributed by atoms with Gasteiger partial charge in [0.05, 0.1) is 19.2 Å². The van der Waals surface area contributed by atoms with E-state index in [1.807, 2.05) is 0 Å². The number of carbonyl (C=O) groups is 1. The molecule has 4 nitrogen and oxygen atoms in total. The molecule has 0 rings (SSSR count). The third-order valence-electron chi connectivity index (χ3n) is 1.69. The van der Waals surface area contributed by atoms with Crippen LogP contribution >= 0.6 is 0 Å². The Bertz CT molecular complexity index is 241. The van der Waals surface area contributed by atoms with E-state index < -0.39 is 24.9 Å². The highest BCUT2D eigenvalue weighted by Gasteiger charge is 2.22. The van der Waals surface area contributed by atoms with Gasteiger partial charge < -0.3 is 15.7 Å². The Morgan fingerprint density at radius 1 is 1.60 bits per heavy atom. The Morgan fingerprint density at radius 2 is 2.20 bits per heavy atom. The van der Waals surface area contributed by atoms with Gasteiger partial charge in [-0.05, 0) is 0 Å². The fraction of sp³-hybridized carbons (Fsp3) is 0.667. The van der Waals surface area contributed by atoms with E-state index in [0.29, 0.717) is 0 Å². The molecule has 6 heteroatoms. The predicted molar refractivity (Wildman–Crippen MR) is 51.1 cm³/mol. The lowest BCUT2D eigenvalue weighted by Gasteiger charge is -2.23. The van der Waals surface area contributed by atoms with Crippen molar-refractivity contribution >= 4 is 5.91 Å². The molecule has 0 heterocycles. The van der Waals surface area contributed by atoms with E-state index in [-0.39, 0.29) is 19.6 Å². The van der Waals surface area contributed by atoms with Crippen LogP contribution < -0.4 is 5.73 Å². The first-order valence-electron chi connectivity index (χ1n) is 4.39. The van der Waals surface area contributed by atoms with Crippen molar-refractivity contribution < 1.29 is 18.7 Å². The van der Waals surface area contributed by atoms with Gasteiger partial charge in [-0.2, -0.15) is 0 Å². The summed E-state index contributed by atoms with van der Waals surface area (Å²) in [4.78, 5) is 12.2. The summed E-state index contributed by atoms with van der Waals surface area (Å²) in [6, 6.07) is -0.986. The zero-order chi connectivity index (χ0) is 11.8. The molecular formula is C9H14F2N2O2. The number of nitrogens with zero attached hydrogens (tertiary/aromatic N) is 1. The Morgan fingerprint density at radius 3 is 2.60 bits per heavy atom. The van der Waals surface area contributed by atoms with Crippen molar-refractivity contribution in [2.75, 3.05) is 19.7 Å². The molecule has 86 valence electrons. The lowest BCUT2D eigenvalue weighted by molar-refractivity contribution is -0.135. The minimum Gasteiger partial charge on any atom is -0.395 e. The number of nitrogens with two attached hydrogens (primary N) is 1. The van der Waals surface area contributed by atoms with Crippen LogP contribution in [0.4, 0.5) is 8.78 Å². The first-order chi connectivity index (χ1) is 7.02. The lowest BCUT2D eigenvalue weighted by Crippen LogP contribution is -2.46. The number of halogens is 2. The van der Waals surface area contributed by atoms with Crippen LogP contribution in [0, 0.1) is 12.3 Å². The smallest absolute Gasteiger partial charge is 0.255 e. The van der Waals surface area contributed by atoms with Gasteiger partial charge in [0.25, 0.3) is 6.43 Å². The van der Waals surface area contributed by atoms with E-state index in [1.54, 1.807) is 0 Å². The summed E-state index contributed by atoms with van der Waals surface area (Å²) in [5.74, 6) is 1.51. The minimum atomic E-state index is -2.65. The van der Waals surface area contributed by atoms with Gasteiger partial charge >= 0.3 is 0 Å². The predicted octanol–water partition coefficient (Wildman–Crippen LogP) is -0.577. The Hall–Kier alpha value is -1.19. The van der Waals surface area contributed by atoms with Crippen LogP contribution in [0.1, 0.15) is 6.42 Å². The highest BCUT2D eigenvalue weighted by molar-refractivity contribution is 5.82. The van der Waals surface area contributed by atoms with E-state index in [1.165, 1.54) is 0 Å². The number of hydrogen-bond acceptors (Lipinski definition) is 3. The molecule has 0 aromatic rings. The number of aliphatic hydroxyl groups is 1. The molecule has 1 unspecified atom stereocenters. The molecule has 0 aliphatic rings.